The summed E-state index contributed by atoms with van der Waals surface area (Å²) in [4.78, 5) is 131. The Morgan fingerprint density at radius 2 is 0.687 bits per heavy atom. The van der Waals surface area contributed by atoms with Crippen molar-refractivity contribution in [2.75, 3.05) is 157 Å². The van der Waals surface area contributed by atoms with Crippen LogP contribution >= 0.6 is 11.8 Å². The summed E-state index contributed by atoms with van der Waals surface area (Å²) in [5.74, 6) is -3.68. The summed E-state index contributed by atoms with van der Waals surface area (Å²) >= 11 is 0.924. The molecule has 12 N–H and O–H groups in total. The average Bonchev–Trinajstić information content (AvgIpc) is 3.45. The van der Waals surface area contributed by atoms with Crippen molar-refractivity contribution < 1.29 is 90.6 Å². The van der Waals surface area contributed by atoms with Crippen molar-refractivity contribution >= 4 is 75.9 Å². The number of carbonyl (C=O) groups excluding carboxylic acids is 11. The summed E-state index contributed by atoms with van der Waals surface area (Å²) in [6.07, 6.45) is 5.95. The monoisotopic (exact) mass is 1210 g/mol. The number of carbonyl (C=O) groups is 11. The van der Waals surface area contributed by atoms with Gasteiger partial charge in [0.05, 0.1) is 85.0 Å². The number of rotatable bonds is 57. The van der Waals surface area contributed by atoms with Crippen LogP contribution in [0.2, 0.25) is 0 Å². The van der Waals surface area contributed by atoms with E-state index < -0.39 is 11.9 Å². The number of hydrogen-bond acceptors (Lipinski definition) is 20. The first-order valence-electron chi connectivity index (χ1n) is 28.4. The molecule has 478 valence electrons. The summed E-state index contributed by atoms with van der Waals surface area (Å²) in [6.45, 7) is 8.65. The first kappa shape index (κ1) is 77.4. The van der Waals surface area contributed by atoms with E-state index in [0.717, 1.165) is 24.6 Å². The molecule has 0 heterocycles. The van der Waals surface area contributed by atoms with E-state index in [9.17, 15) is 52.7 Å². The number of unbranched alkanes of at least 4 members (excludes halogenated alkanes) is 3. The molecule has 0 bridgehead atoms. The molecule has 0 aliphatic heterocycles. The van der Waals surface area contributed by atoms with Crippen LogP contribution in [0.4, 0.5) is 0 Å². The second-order valence-corrected chi connectivity index (χ2v) is 20.1. The fraction of sp³-hybridized carbons (Fsp3) is 0.792. The Hall–Kier alpha value is -5.60. The van der Waals surface area contributed by atoms with Gasteiger partial charge in [0.2, 0.25) is 59.1 Å². The zero-order chi connectivity index (χ0) is 61.6. The summed E-state index contributed by atoms with van der Waals surface area (Å²) in [7, 11) is 0. The number of thioether (sulfide) groups is 1. The van der Waals surface area contributed by atoms with Gasteiger partial charge in [-0.2, -0.15) is 0 Å². The van der Waals surface area contributed by atoms with Gasteiger partial charge in [-0.1, -0.05) is 38.5 Å². The Labute approximate surface area is 492 Å². The number of hydrogen-bond donors (Lipinski definition) is 10. The number of nitrogens with two attached hydrogens (primary N) is 2. The van der Waals surface area contributed by atoms with Crippen LogP contribution < -0.4 is 54.0 Å². The molecule has 83 heavy (non-hydrogen) atoms. The molecule has 0 radical (unpaired) electrons. The first-order chi connectivity index (χ1) is 39.9. The van der Waals surface area contributed by atoms with Gasteiger partial charge in [-0.15, -0.1) is 0 Å². The van der Waals surface area contributed by atoms with Gasteiger partial charge in [0.25, 0.3) is 0 Å². The molecular formula is C53H96N10O19S. The van der Waals surface area contributed by atoms with Crippen molar-refractivity contribution in [2.45, 2.75) is 104 Å². The van der Waals surface area contributed by atoms with E-state index in [0.29, 0.717) is 64.6 Å². The van der Waals surface area contributed by atoms with Crippen LogP contribution in [0, 0.1) is 11.8 Å². The highest BCUT2D eigenvalue weighted by molar-refractivity contribution is 8.14. The predicted octanol–water partition coefficient (Wildman–Crippen LogP) is -2.38. The minimum atomic E-state index is -0.872. The van der Waals surface area contributed by atoms with E-state index in [1.807, 2.05) is 0 Å². The van der Waals surface area contributed by atoms with Gasteiger partial charge in [0, 0.05) is 77.4 Å². The highest BCUT2D eigenvalue weighted by Crippen LogP contribution is 2.08. The average molecular weight is 1210 g/mol. The summed E-state index contributed by atoms with van der Waals surface area (Å²) in [5.41, 5.74) is 10.6. The molecule has 10 amide bonds. The fourth-order valence-electron chi connectivity index (χ4n) is 6.75. The van der Waals surface area contributed by atoms with E-state index >= 15 is 0 Å². The van der Waals surface area contributed by atoms with Gasteiger partial charge in [-0.3, -0.25) is 52.7 Å². The van der Waals surface area contributed by atoms with Crippen molar-refractivity contribution in [3.63, 3.8) is 0 Å². The molecule has 0 aromatic rings. The Morgan fingerprint density at radius 3 is 1.08 bits per heavy atom. The van der Waals surface area contributed by atoms with Crippen molar-refractivity contribution in [2.24, 2.45) is 23.3 Å². The number of nitrogens with one attached hydrogen (secondary N) is 8. The number of primary amides is 2. The summed E-state index contributed by atoms with van der Waals surface area (Å²) in [6, 6.07) is -0.872. The quantitative estimate of drug-likeness (QED) is 0.0284. The van der Waals surface area contributed by atoms with E-state index in [2.05, 4.69) is 42.5 Å². The molecule has 0 aliphatic rings. The summed E-state index contributed by atoms with van der Waals surface area (Å²) < 4.78 is 42.8. The second kappa shape index (κ2) is 54.3. The van der Waals surface area contributed by atoms with Crippen molar-refractivity contribution in [1.29, 1.82) is 0 Å². The summed E-state index contributed by atoms with van der Waals surface area (Å²) in [5, 5.41) is 21.6. The maximum absolute atomic E-state index is 13.1. The molecule has 0 spiro atoms. The molecule has 30 heteroatoms. The number of amides is 10. The molecule has 0 fully saturated rings. The maximum Gasteiger partial charge on any atom is 0.246 e. The molecule has 0 saturated heterocycles. The second-order valence-electron chi connectivity index (χ2n) is 18.9. The van der Waals surface area contributed by atoms with Crippen LogP contribution in [0.5, 0.6) is 0 Å². The van der Waals surface area contributed by atoms with Crippen molar-refractivity contribution in [3.05, 3.63) is 0 Å². The number of ether oxygens (including phenoxy) is 8. The van der Waals surface area contributed by atoms with E-state index in [-0.39, 0.29) is 227 Å². The van der Waals surface area contributed by atoms with Crippen molar-refractivity contribution in [1.82, 2.24) is 42.5 Å². The minimum absolute atomic E-state index is 0.0543. The van der Waals surface area contributed by atoms with E-state index in [1.54, 1.807) is 13.8 Å². The third-order valence-corrected chi connectivity index (χ3v) is 12.3. The molecule has 0 saturated carbocycles. The smallest absolute Gasteiger partial charge is 0.246 e. The molecule has 0 rings (SSSR count). The topological polar surface area (TPSA) is 410 Å². The highest BCUT2D eigenvalue weighted by Gasteiger charge is 2.21. The Bertz CT molecular complexity index is 1860. The van der Waals surface area contributed by atoms with E-state index in [4.69, 9.17) is 49.4 Å². The lowest BCUT2D eigenvalue weighted by Crippen LogP contribution is -2.48. The molecular weight excluding hydrogens is 1110 g/mol. The van der Waals surface area contributed by atoms with Crippen LogP contribution in [-0.2, 0) is 90.6 Å². The van der Waals surface area contributed by atoms with Crippen LogP contribution in [0.1, 0.15) is 97.8 Å². The van der Waals surface area contributed by atoms with Gasteiger partial charge < -0.3 is 91.9 Å². The maximum atomic E-state index is 13.1. The van der Waals surface area contributed by atoms with E-state index in [1.165, 1.54) is 6.92 Å². The zero-order valence-corrected chi connectivity index (χ0v) is 49.8. The molecule has 0 aromatic carbocycles. The van der Waals surface area contributed by atoms with Crippen LogP contribution in [-0.4, -0.2) is 228 Å². The van der Waals surface area contributed by atoms with Gasteiger partial charge in [-0.05, 0) is 51.4 Å². The Balaban J connectivity index is 4.15. The highest BCUT2D eigenvalue weighted by atomic mass is 32.2. The molecule has 3 atom stereocenters. The first-order valence-corrected chi connectivity index (χ1v) is 29.4. The molecule has 0 aliphatic carbocycles. The van der Waals surface area contributed by atoms with Crippen LogP contribution in [0.3, 0.4) is 0 Å². The minimum Gasteiger partial charge on any atom is -0.377 e. The van der Waals surface area contributed by atoms with Gasteiger partial charge >= 0.3 is 0 Å². The normalized spacial score (nSPS) is 12.0. The lowest BCUT2D eigenvalue weighted by atomic mass is 10.0. The Morgan fingerprint density at radius 1 is 0.361 bits per heavy atom. The lowest BCUT2D eigenvalue weighted by molar-refractivity contribution is -0.132. The largest absolute Gasteiger partial charge is 0.377 e. The van der Waals surface area contributed by atoms with Crippen LogP contribution in [0.25, 0.3) is 0 Å². The zero-order valence-electron chi connectivity index (χ0n) is 49.0. The molecule has 29 nitrogen and oxygen atoms in total. The molecule has 0 aromatic heterocycles. The van der Waals surface area contributed by atoms with Crippen LogP contribution in [0.15, 0.2) is 0 Å². The SMILES string of the molecule is CC(=O)SCC(=O)NCCOCCOCC(=O)NCCOCCOCC(=O)N[C@@H](CCCCNC(=O)CCCC(=O)NCCOCCOCC(=O)NCCOCCOCC(=O)NCCCC[C@H](C)C(N)=O)C(=O)NCCCC[C@H](C)C(N)=O. The van der Waals surface area contributed by atoms with Gasteiger partial charge in [0.15, 0.2) is 5.12 Å². The van der Waals surface area contributed by atoms with Gasteiger partial charge in [0.1, 0.15) is 32.5 Å². The standard InChI is InChI=1S/C53H96N10O19S/c1-40(51(54)72)11-4-7-17-57-46(67)35-79-31-28-76-24-20-59-47(68)36-80-32-27-75-23-19-58-45(66)15-10-14-44(65)56-16-9-6-13-43(53(74)62-18-8-5-12-41(2)52(55)73)63-49(70)38-82-34-30-77-25-21-60-48(69)37-81-33-29-78-26-22-61-50(71)39-83-42(3)64/h40-41,43H,4-39H2,1-3H3,(H2,54,72)(H2,55,73)(H,56,65)(H,57,67)(H,58,66)(H,59,68)(H,60,69)(H,61,71)(H,62,74)(H,63,70)/t40-,41-,43-/m0/s1. The fourth-order valence-corrected chi connectivity index (χ4v) is 7.19. The lowest BCUT2D eigenvalue weighted by Gasteiger charge is -2.19. The molecule has 0 unspecified atom stereocenters. The van der Waals surface area contributed by atoms with Crippen molar-refractivity contribution in [3.8, 4) is 0 Å². The van der Waals surface area contributed by atoms with Gasteiger partial charge in [-0.25, -0.2) is 0 Å². The third kappa shape index (κ3) is 52.9. The Kier molecular flexibility index (Phi) is 50.7. The predicted molar refractivity (Wildman–Crippen MR) is 305 cm³/mol. The third-order valence-electron chi connectivity index (χ3n) is 11.5.